The first-order valence-electron chi connectivity index (χ1n) is 13.9. The Balaban J connectivity index is 1.46. The van der Waals surface area contributed by atoms with Crippen LogP contribution in [0.5, 0.6) is 0 Å². The summed E-state index contributed by atoms with van der Waals surface area (Å²) in [4.78, 5) is 16.7. The van der Waals surface area contributed by atoms with Gasteiger partial charge in [0.15, 0.2) is 0 Å². The molecule has 0 saturated heterocycles. The topological polar surface area (TPSA) is 47.7 Å². The second-order valence-corrected chi connectivity index (χ2v) is 12.6. The molecule has 0 fully saturated rings. The van der Waals surface area contributed by atoms with Gasteiger partial charge in [-0.05, 0) is 86.4 Å². The third-order valence-corrected chi connectivity index (χ3v) is 10.1. The molecule has 1 aliphatic heterocycles. The maximum atomic E-state index is 11.4. The van der Waals surface area contributed by atoms with Crippen LogP contribution in [0.2, 0.25) is 5.02 Å². The molecule has 1 unspecified atom stereocenters. The van der Waals surface area contributed by atoms with Gasteiger partial charge in [-0.15, -0.1) is 0 Å². The average molecular weight is 605 g/mol. The number of thiazole rings is 1. The summed E-state index contributed by atoms with van der Waals surface area (Å²) in [6.45, 7) is 10.0. The van der Waals surface area contributed by atoms with Gasteiger partial charge in [0.05, 0.1) is 10.7 Å². The predicted octanol–water partition coefficient (Wildman–Crippen LogP) is 8.71. The highest BCUT2D eigenvalue weighted by Gasteiger charge is 2.25. The number of carbonyl (C=O) groups is 1. The Morgan fingerprint density at radius 3 is 2.46 bits per heavy atom. The maximum absolute atomic E-state index is 11.4. The van der Waals surface area contributed by atoms with E-state index in [1.807, 2.05) is 36.6 Å². The maximum Gasteiger partial charge on any atom is 0.326 e. The minimum Gasteiger partial charge on any atom is -0.480 e. The van der Waals surface area contributed by atoms with Gasteiger partial charge in [0.1, 0.15) is 17.3 Å². The van der Waals surface area contributed by atoms with E-state index in [4.69, 9.17) is 11.6 Å². The Morgan fingerprint density at radius 2 is 1.80 bits per heavy atom. The Bertz CT molecular complexity index is 1660. The predicted molar refractivity (Wildman–Crippen MR) is 175 cm³/mol. The Kier molecular flexibility index (Phi) is 8.78. The minimum absolute atomic E-state index is 0.590. The molecule has 0 spiro atoms. The van der Waals surface area contributed by atoms with Crippen molar-refractivity contribution in [1.82, 2.24) is 0 Å². The lowest BCUT2D eigenvalue weighted by atomic mass is 10.0. The number of nitrogens with zero attached hydrogens (tertiary/aromatic N) is 3. The molecule has 0 aliphatic carbocycles. The van der Waals surface area contributed by atoms with Gasteiger partial charge >= 0.3 is 5.97 Å². The summed E-state index contributed by atoms with van der Waals surface area (Å²) in [5.41, 5.74) is 6.82. The number of aryl methyl sites for hydroxylation is 1. The molecule has 0 bridgehead atoms. The Morgan fingerprint density at radius 1 is 1.07 bits per heavy atom. The van der Waals surface area contributed by atoms with Crippen LogP contribution in [0.25, 0.3) is 27.4 Å². The lowest BCUT2D eigenvalue weighted by molar-refractivity contribution is -0.665. The quantitative estimate of drug-likeness (QED) is 0.194. The molecule has 1 N–H and O–H groups in total. The molecule has 3 aromatic carbocycles. The van der Waals surface area contributed by atoms with Crippen molar-refractivity contribution in [3.05, 3.63) is 87.4 Å². The Labute approximate surface area is 255 Å². The molecule has 0 radical (unpaired) electrons. The van der Waals surface area contributed by atoms with Crippen LogP contribution in [0.15, 0.2) is 82.2 Å². The third-order valence-electron chi connectivity index (χ3n) is 7.63. The van der Waals surface area contributed by atoms with Crippen LogP contribution in [0, 0.1) is 0 Å². The third kappa shape index (κ3) is 5.89. The second-order valence-electron chi connectivity index (χ2n) is 10.1. The van der Waals surface area contributed by atoms with Gasteiger partial charge < -0.3 is 14.9 Å². The summed E-state index contributed by atoms with van der Waals surface area (Å²) in [5, 5.41) is 12.6. The molecule has 41 heavy (non-hydrogen) atoms. The van der Waals surface area contributed by atoms with E-state index in [0.717, 1.165) is 41.3 Å². The Hall–Kier alpha value is -3.26. The van der Waals surface area contributed by atoms with E-state index in [-0.39, 0.29) is 0 Å². The van der Waals surface area contributed by atoms with Gasteiger partial charge in [0, 0.05) is 41.3 Å². The van der Waals surface area contributed by atoms with Gasteiger partial charge in [-0.25, -0.2) is 4.79 Å². The summed E-state index contributed by atoms with van der Waals surface area (Å²) in [7, 11) is 1.81. The molecular formula is C33H35ClN3O2S2+. The molecule has 8 heteroatoms. The van der Waals surface area contributed by atoms with Crippen LogP contribution in [-0.2, 0) is 11.3 Å². The highest BCUT2D eigenvalue weighted by molar-refractivity contribution is 8.03. The number of anilines is 2. The first kappa shape index (κ1) is 29.2. The summed E-state index contributed by atoms with van der Waals surface area (Å²) >= 11 is 9.93. The summed E-state index contributed by atoms with van der Waals surface area (Å²) in [5.74, 6) is -0.837. The number of benzene rings is 3. The number of carboxylic acid groups (broad SMARTS) is 1. The number of fused-ring (bicyclic) bond motifs is 2. The first-order valence-corrected chi connectivity index (χ1v) is 15.9. The van der Waals surface area contributed by atoms with Crippen molar-refractivity contribution in [1.29, 1.82) is 0 Å². The van der Waals surface area contributed by atoms with Gasteiger partial charge in [0.25, 0.3) is 5.01 Å². The van der Waals surface area contributed by atoms with E-state index in [2.05, 4.69) is 84.9 Å². The molecule has 4 aromatic rings. The highest BCUT2D eigenvalue weighted by atomic mass is 35.5. The number of carboxylic acids is 1. The SMILES string of the molecule is CCC(=Cc1sc2ccc(-c3ccc(N(C)C(C)C(=O)O)cc3)cc2[n+]1CC)C=C1Sc2ccc(Cl)cc2N1CC. The number of rotatable bonds is 9. The fourth-order valence-electron chi connectivity index (χ4n) is 5.06. The van der Waals surface area contributed by atoms with Gasteiger partial charge in [-0.3, -0.25) is 0 Å². The van der Waals surface area contributed by atoms with Crippen molar-refractivity contribution in [2.75, 3.05) is 23.4 Å². The molecule has 2 heterocycles. The van der Waals surface area contributed by atoms with Gasteiger partial charge in [-0.2, -0.15) is 4.57 Å². The van der Waals surface area contributed by atoms with Crippen LogP contribution in [0.1, 0.15) is 39.1 Å². The molecule has 5 nitrogen and oxygen atoms in total. The van der Waals surface area contributed by atoms with E-state index < -0.39 is 12.0 Å². The van der Waals surface area contributed by atoms with E-state index in [9.17, 15) is 9.90 Å². The second kappa shape index (κ2) is 12.3. The number of aromatic nitrogens is 1. The average Bonchev–Trinajstić information content (AvgIpc) is 3.51. The molecule has 212 valence electrons. The number of thioether (sulfide) groups is 1. The number of likely N-dealkylation sites (N-methyl/N-ethyl adjacent to an activating group) is 1. The number of aliphatic carboxylic acids is 1. The summed E-state index contributed by atoms with van der Waals surface area (Å²) in [6, 6.07) is 20.3. The van der Waals surface area contributed by atoms with Crippen molar-refractivity contribution in [3.63, 3.8) is 0 Å². The molecule has 1 aromatic heterocycles. The van der Waals surface area contributed by atoms with Crippen LogP contribution in [0.3, 0.4) is 0 Å². The monoisotopic (exact) mass is 604 g/mol. The van der Waals surface area contributed by atoms with Crippen molar-refractivity contribution in [2.45, 2.75) is 51.6 Å². The highest BCUT2D eigenvalue weighted by Crippen LogP contribution is 2.47. The lowest BCUT2D eigenvalue weighted by Gasteiger charge is -2.23. The fourth-order valence-corrected chi connectivity index (χ4v) is 7.60. The molecule has 0 amide bonds. The van der Waals surface area contributed by atoms with E-state index in [1.165, 1.54) is 36.4 Å². The van der Waals surface area contributed by atoms with Crippen molar-refractivity contribution < 1.29 is 14.5 Å². The molecule has 5 rings (SSSR count). The zero-order valence-corrected chi connectivity index (χ0v) is 26.4. The smallest absolute Gasteiger partial charge is 0.326 e. The number of allylic oxidation sites excluding steroid dienone is 2. The summed E-state index contributed by atoms with van der Waals surface area (Å²) in [6.07, 6.45) is 5.59. The van der Waals surface area contributed by atoms with Crippen molar-refractivity contribution >= 4 is 68.3 Å². The van der Waals surface area contributed by atoms with Gasteiger partial charge in [-0.1, -0.05) is 59.8 Å². The normalized spacial score (nSPS) is 15.0. The molecule has 1 atom stereocenters. The van der Waals surface area contributed by atoms with Crippen molar-refractivity contribution in [3.8, 4) is 11.1 Å². The molecular weight excluding hydrogens is 570 g/mol. The zero-order valence-electron chi connectivity index (χ0n) is 24.0. The van der Waals surface area contributed by atoms with E-state index in [1.54, 1.807) is 23.6 Å². The van der Waals surface area contributed by atoms with Crippen LogP contribution >= 0.6 is 34.7 Å². The van der Waals surface area contributed by atoms with E-state index in [0.29, 0.717) is 0 Å². The molecule has 1 aliphatic rings. The zero-order chi connectivity index (χ0) is 29.3. The first-order chi connectivity index (χ1) is 19.7. The largest absolute Gasteiger partial charge is 0.480 e. The number of hydrogen-bond donors (Lipinski definition) is 1. The summed E-state index contributed by atoms with van der Waals surface area (Å²) < 4.78 is 3.64. The fraction of sp³-hybridized carbons (Fsp3) is 0.273. The van der Waals surface area contributed by atoms with Crippen LogP contribution < -0.4 is 14.4 Å². The number of halogens is 1. The van der Waals surface area contributed by atoms with Gasteiger partial charge in [0.2, 0.25) is 5.52 Å². The lowest BCUT2D eigenvalue weighted by Crippen LogP contribution is -2.35. The standard InChI is InChI=1S/C33H34ClN3O2S2/c1-6-22(18-32-37(8-3)28-20-25(34)12-16-30(28)41-32)17-31-36(7-2)27-19-24(11-15-29(27)40-31)23-9-13-26(14-10-23)35(5)21(4)33(38)39/h9-21H,6-8H2,1-5H3/p+1. The minimum atomic E-state index is -0.837. The van der Waals surface area contributed by atoms with Crippen LogP contribution in [-0.4, -0.2) is 30.7 Å². The van der Waals surface area contributed by atoms with Crippen LogP contribution in [0.4, 0.5) is 11.4 Å². The number of hydrogen-bond acceptors (Lipinski definition) is 5. The van der Waals surface area contributed by atoms with Crippen molar-refractivity contribution in [2.24, 2.45) is 0 Å². The molecule has 0 saturated carbocycles. The van der Waals surface area contributed by atoms with E-state index >= 15 is 0 Å².